The molecule has 2 heterocycles. The average Bonchev–Trinajstić information content (AvgIpc) is 3.22. The third-order valence-electron chi connectivity index (χ3n) is 6.21. The van der Waals surface area contributed by atoms with Gasteiger partial charge in [-0.15, -0.1) is 0 Å². The van der Waals surface area contributed by atoms with Crippen molar-refractivity contribution in [2.45, 2.75) is 27.7 Å². The van der Waals surface area contributed by atoms with Gasteiger partial charge in [0.15, 0.2) is 0 Å². The number of carbonyl (C=O) groups is 1. The molecule has 0 aliphatic carbocycles. The molecule has 0 bridgehead atoms. The van der Waals surface area contributed by atoms with Crippen molar-refractivity contribution in [3.63, 3.8) is 0 Å². The van der Waals surface area contributed by atoms with E-state index in [1.165, 1.54) is 17.7 Å². The molecule has 0 spiro atoms. The molecule has 1 N–H and O–H groups in total. The fraction of sp³-hybridized carbons (Fsp3) is 0.138. The number of nitrogens with one attached hydrogen (secondary N) is 1. The molecule has 5 rings (SSSR count). The Morgan fingerprint density at radius 1 is 0.886 bits per heavy atom. The molecule has 1 amide bonds. The van der Waals surface area contributed by atoms with Crippen LogP contribution in [-0.2, 0) is 0 Å². The van der Waals surface area contributed by atoms with Crippen molar-refractivity contribution in [2.75, 3.05) is 5.32 Å². The Labute approximate surface area is 203 Å². The lowest BCUT2D eigenvalue weighted by Crippen LogP contribution is -2.14. The standard InChI is InChI=1S/C29H25FN4O/c1-17-5-9-22(10-6-17)34-20(4)25(16-31-34)28-15-24(23-13-18(2)7-11-27(23)32-28)29(35)33-26-12-8-21(30)14-19(26)3/h5-16H,1-4H3,(H,33,35). The molecule has 6 heteroatoms. The summed E-state index contributed by atoms with van der Waals surface area (Å²) in [5, 5.41) is 8.29. The number of rotatable bonds is 4. The summed E-state index contributed by atoms with van der Waals surface area (Å²) in [6, 6.07) is 20.1. The Balaban J connectivity index is 1.61. The first-order valence-electron chi connectivity index (χ1n) is 11.4. The minimum absolute atomic E-state index is 0.275. The average molecular weight is 465 g/mol. The number of aromatic nitrogens is 3. The molecule has 174 valence electrons. The summed E-state index contributed by atoms with van der Waals surface area (Å²) in [6.45, 7) is 7.79. The van der Waals surface area contributed by atoms with Gasteiger partial charge in [-0.3, -0.25) is 4.79 Å². The molecule has 3 aromatic carbocycles. The number of nitrogens with zero attached hydrogens (tertiary/aromatic N) is 3. The highest BCUT2D eigenvalue weighted by atomic mass is 19.1. The summed E-state index contributed by atoms with van der Waals surface area (Å²) in [4.78, 5) is 18.3. The molecular formula is C29H25FN4O. The summed E-state index contributed by atoms with van der Waals surface area (Å²) < 4.78 is 15.4. The molecule has 0 saturated carbocycles. The number of carbonyl (C=O) groups excluding carboxylic acids is 1. The number of amides is 1. The minimum atomic E-state index is -0.339. The summed E-state index contributed by atoms with van der Waals surface area (Å²) in [5.74, 6) is -0.614. The quantitative estimate of drug-likeness (QED) is 0.321. The molecule has 0 aliphatic heterocycles. The first kappa shape index (κ1) is 22.5. The van der Waals surface area contributed by atoms with Crippen LogP contribution in [0.1, 0.15) is 32.7 Å². The molecule has 35 heavy (non-hydrogen) atoms. The van der Waals surface area contributed by atoms with Gasteiger partial charge in [0.2, 0.25) is 0 Å². The van der Waals surface area contributed by atoms with Gasteiger partial charge in [0.1, 0.15) is 5.82 Å². The molecule has 0 atom stereocenters. The molecule has 0 fully saturated rings. The number of halogens is 1. The van der Waals surface area contributed by atoms with Gasteiger partial charge in [0, 0.05) is 16.6 Å². The molecule has 0 radical (unpaired) electrons. The first-order valence-corrected chi connectivity index (χ1v) is 11.4. The van der Waals surface area contributed by atoms with Crippen molar-refractivity contribution in [1.82, 2.24) is 14.8 Å². The van der Waals surface area contributed by atoms with E-state index in [0.717, 1.165) is 33.4 Å². The van der Waals surface area contributed by atoms with Crippen LogP contribution >= 0.6 is 0 Å². The number of hydrogen-bond acceptors (Lipinski definition) is 3. The second-order valence-electron chi connectivity index (χ2n) is 8.88. The normalized spacial score (nSPS) is 11.1. The van der Waals surface area contributed by atoms with Crippen molar-refractivity contribution in [3.8, 4) is 16.9 Å². The number of fused-ring (bicyclic) bond motifs is 1. The Morgan fingerprint density at radius 3 is 2.37 bits per heavy atom. The van der Waals surface area contributed by atoms with Crippen LogP contribution in [0, 0.1) is 33.5 Å². The maximum atomic E-state index is 13.6. The fourth-order valence-electron chi connectivity index (χ4n) is 4.23. The molecular weight excluding hydrogens is 439 g/mol. The van der Waals surface area contributed by atoms with Crippen LogP contribution in [0.25, 0.3) is 27.8 Å². The highest BCUT2D eigenvalue weighted by Gasteiger charge is 2.18. The van der Waals surface area contributed by atoms with E-state index >= 15 is 0 Å². The SMILES string of the molecule is Cc1ccc(-n2ncc(-c3cc(C(=O)Nc4ccc(F)cc4C)c4cc(C)ccc4n3)c2C)cc1. The number of pyridine rings is 1. The van der Waals surface area contributed by atoms with Gasteiger partial charge in [-0.05, 0) is 81.8 Å². The lowest BCUT2D eigenvalue weighted by molar-refractivity contribution is 0.102. The third-order valence-corrected chi connectivity index (χ3v) is 6.21. The Bertz CT molecular complexity index is 1590. The molecule has 0 aliphatic rings. The lowest BCUT2D eigenvalue weighted by atomic mass is 10.0. The van der Waals surface area contributed by atoms with E-state index in [4.69, 9.17) is 4.98 Å². The van der Waals surface area contributed by atoms with E-state index in [9.17, 15) is 9.18 Å². The van der Waals surface area contributed by atoms with Crippen LogP contribution in [-0.4, -0.2) is 20.7 Å². The van der Waals surface area contributed by atoms with Crippen molar-refractivity contribution in [1.29, 1.82) is 0 Å². The second-order valence-corrected chi connectivity index (χ2v) is 8.88. The number of anilines is 1. The summed E-state index contributed by atoms with van der Waals surface area (Å²) >= 11 is 0. The maximum Gasteiger partial charge on any atom is 0.256 e. The Hall–Kier alpha value is -4.32. The van der Waals surface area contributed by atoms with Crippen molar-refractivity contribution in [2.24, 2.45) is 0 Å². The van der Waals surface area contributed by atoms with Crippen LogP contribution in [0.2, 0.25) is 0 Å². The first-order chi connectivity index (χ1) is 16.8. The van der Waals surface area contributed by atoms with E-state index < -0.39 is 0 Å². The predicted molar refractivity (Wildman–Crippen MR) is 138 cm³/mol. The number of benzene rings is 3. The van der Waals surface area contributed by atoms with Gasteiger partial charge >= 0.3 is 0 Å². The highest BCUT2D eigenvalue weighted by molar-refractivity contribution is 6.13. The zero-order valence-electron chi connectivity index (χ0n) is 20.1. The van der Waals surface area contributed by atoms with E-state index in [1.807, 2.05) is 67.9 Å². The van der Waals surface area contributed by atoms with Gasteiger partial charge in [-0.2, -0.15) is 5.10 Å². The van der Waals surface area contributed by atoms with Gasteiger partial charge in [0.25, 0.3) is 5.91 Å². The van der Waals surface area contributed by atoms with Gasteiger partial charge in [-0.25, -0.2) is 14.1 Å². The smallest absolute Gasteiger partial charge is 0.256 e. The van der Waals surface area contributed by atoms with Crippen LogP contribution < -0.4 is 5.32 Å². The van der Waals surface area contributed by atoms with Gasteiger partial charge in [0.05, 0.1) is 34.4 Å². The van der Waals surface area contributed by atoms with E-state index in [-0.39, 0.29) is 11.7 Å². The van der Waals surface area contributed by atoms with Crippen LogP contribution in [0.5, 0.6) is 0 Å². The predicted octanol–water partition coefficient (Wildman–Crippen LogP) is 6.71. The third kappa shape index (κ3) is 4.30. The van der Waals surface area contributed by atoms with E-state index in [1.54, 1.807) is 25.3 Å². The lowest BCUT2D eigenvalue weighted by Gasteiger charge is -2.13. The van der Waals surface area contributed by atoms with E-state index in [0.29, 0.717) is 22.5 Å². The molecule has 2 aromatic heterocycles. The molecule has 5 nitrogen and oxygen atoms in total. The summed E-state index contributed by atoms with van der Waals surface area (Å²) in [5.41, 5.74) is 8.05. The highest BCUT2D eigenvalue weighted by Crippen LogP contribution is 2.29. The molecule has 5 aromatic rings. The van der Waals surface area contributed by atoms with Crippen molar-refractivity contribution < 1.29 is 9.18 Å². The van der Waals surface area contributed by atoms with Crippen LogP contribution in [0.4, 0.5) is 10.1 Å². The fourth-order valence-corrected chi connectivity index (χ4v) is 4.23. The van der Waals surface area contributed by atoms with Gasteiger partial charge < -0.3 is 5.32 Å². The molecule has 0 saturated heterocycles. The van der Waals surface area contributed by atoms with Gasteiger partial charge in [-0.1, -0.05) is 29.3 Å². The van der Waals surface area contributed by atoms with Crippen LogP contribution in [0.15, 0.2) is 72.9 Å². The molecule has 0 unspecified atom stereocenters. The number of aryl methyl sites for hydroxylation is 3. The second kappa shape index (κ2) is 8.80. The van der Waals surface area contributed by atoms with E-state index in [2.05, 4.69) is 10.4 Å². The van der Waals surface area contributed by atoms with Crippen molar-refractivity contribution in [3.05, 3.63) is 107 Å². The number of hydrogen-bond donors (Lipinski definition) is 1. The summed E-state index contributed by atoms with van der Waals surface area (Å²) in [6.07, 6.45) is 1.78. The zero-order chi connectivity index (χ0) is 24.7. The maximum absolute atomic E-state index is 13.6. The minimum Gasteiger partial charge on any atom is -0.322 e. The van der Waals surface area contributed by atoms with Crippen LogP contribution in [0.3, 0.4) is 0 Å². The zero-order valence-corrected chi connectivity index (χ0v) is 20.1. The monoisotopic (exact) mass is 464 g/mol. The Morgan fingerprint density at radius 2 is 1.63 bits per heavy atom. The summed E-state index contributed by atoms with van der Waals surface area (Å²) in [7, 11) is 0. The largest absolute Gasteiger partial charge is 0.322 e. The Kier molecular flexibility index (Phi) is 5.65. The van der Waals surface area contributed by atoms with Crippen molar-refractivity contribution >= 4 is 22.5 Å². The topological polar surface area (TPSA) is 59.8 Å².